The molecular formula is C20H29F3N4OS. The van der Waals surface area contributed by atoms with Gasteiger partial charge in [0.2, 0.25) is 0 Å². The number of aliphatic imine (C=N–C) groups is 1. The summed E-state index contributed by atoms with van der Waals surface area (Å²) in [6.07, 6.45) is 1.28. The Morgan fingerprint density at radius 1 is 1.31 bits per heavy atom. The van der Waals surface area contributed by atoms with E-state index >= 15 is 0 Å². The molecule has 2 aliphatic rings. The second kappa shape index (κ2) is 10.2. The molecule has 1 unspecified atom stereocenters. The summed E-state index contributed by atoms with van der Waals surface area (Å²) in [6.45, 7) is 8.24. The number of halogens is 3. The van der Waals surface area contributed by atoms with Crippen LogP contribution >= 0.6 is 11.8 Å². The maximum Gasteiger partial charge on any atom is 0.396 e. The van der Waals surface area contributed by atoms with Crippen molar-refractivity contribution in [3.8, 4) is 0 Å². The van der Waals surface area contributed by atoms with E-state index in [1.54, 1.807) is 0 Å². The van der Waals surface area contributed by atoms with E-state index in [-0.39, 0.29) is 18.2 Å². The summed E-state index contributed by atoms with van der Waals surface area (Å²) >= 11 is 1.52. The molecule has 1 atom stereocenters. The van der Waals surface area contributed by atoms with Crippen molar-refractivity contribution in [1.82, 2.24) is 10.6 Å². The van der Waals surface area contributed by atoms with Gasteiger partial charge in [0.15, 0.2) is 0 Å². The van der Waals surface area contributed by atoms with Gasteiger partial charge in [-0.15, -0.1) is 0 Å². The fourth-order valence-corrected chi connectivity index (χ4v) is 3.93. The van der Waals surface area contributed by atoms with Crippen LogP contribution < -0.4 is 16.4 Å². The SMILES string of the molecule is C=C(NCC1CCC(NC(=O)C2=CC(C(F)(F)F)CN=C2)CC1)S/C(C)=C(/C)N. The summed E-state index contributed by atoms with van der Waals surface area (Å²) in [6, 6.07) is -0.0260. The molecule has 0 aromatic carbocycles. The molecular weight excluding hydrogens is 401 g/mol. The van der Waals surface area contributed by atoms with Crippen LogP contribution in [0.2, 0.25) is 0 Å². The molecule has 0 aromatic rings. The zero-order valence-corrected chi connectivity index (χ0v) is 17.6. The predicted octanol–water partition coefficient (Wildman–Crippen LogP) is 3.85. The fourth-order valence-electron chi connectivity index (χ4n) is 3.25. The number of hydrogen-bond acceptors (Lipinski definition) is 5. The molecule has 29 heavy (non-hydrogen) atoms. The van der Waals surface area contributed by atoms with Gasteiger partial charge < -0.3 is 16.4 Å². The minimum Gasteiger partial charge on any atom is -0.402 e. The average Bonchev–Trinajstić information content (AvgIpc) is 2.66. The number of carbonyl (C=O) groups is 1. The number of dihydropyridines is 1. The Morgan fingerprint density at radius 3 is 2.55 bits per heavy atom. The van der Waals surface area contributed by atoms with E-state index in [1.807, 2.05) is 13.8 Å². The predicted molar refractivity (Wildman–Crippen MR) is 112 cm³/mol. The van der Waals surface area contributed by atoms with Crippen molar-refractivity contribution in [2.45, 2.75) is 51.7 Å². The molecule has 0 saturated heterocycles. The molecule has 0 bridgehead atoms. The number of rotatable bonds is 7. The summed E-state index contributed by atoms with van der Waals surface area (Å²) in [4.78, 5) is 17.0. The fraction of sp³-hybridized carbons (Fsp3) is 0.600. The van der Waals surface area contributed by atoms with Crippen molar-refractivity contribution in [3.63, 3.8) is 0 Å². The second-order valence-electron chi connectivity index (χ2n) is 7.60. The molecule has 1 saturated carbocycles. The Kier molecular flexibility index (Phi) is 8.24. The number of carbonyl (C=O) groups excluding carboxylic acids is 1. The van der Waals surface area contributed by atoms with E-state index in [0.717, 1.165) is 53.9 Å². The number of thioether (sulfide) groups is 1. The summed E-state index contributed by atoms with van der Waals surface area (Å²) in [5.41, 5.74) is 6.52. The Balaban J connectivity index is 1.75. The maximum absolute atomic E-state index is 12.8. The first-order valence-electron chi connectivity index (χ1n) is 9.69. The van der Waals surface area contributed by atoms with Gasteiger partial charge in [-0.3, -0.25) is 9.79 Å². The van der Waals surface area contributed by atoms with Crippen LogP contribution in [0.15, 0.2) is 38.9 Å². The van der Waals surface area contributed by atoms with Crippen LogP contribution in [0.25, 0.3) is 0 Å². The van der Waals surface area contributed by atoms with Gasteiger partial charge >= 0.3 is 6.18 Å². The van der Waals surface area contributed by atoms with Gasteiger partial charge in [0, 0.05) is 29.4 Å². The van der Waals surface area contributed by atoms with E-state index in [1.165, 1.54) is 18.0 Å². The number of nitrogens with one attached hydrogen (secondary N) is 2. The molecule has 5 nitrogen and oxygen atoms in total. The van der Waals surface area contributed by atoms with E-state index in [0.29, 0.717) is 5.92 Å². The molecule has 1 heterocycles. The number of nitrogens with zero attached hydrogens (tertiary/aromatic N) is 1. The summed E-state index contributed by atoms with van der Waals surface area (Å²) in [5, 5.41) is 7.03. The molecule has 162 valence electrons. The lowest BCUT2D eigenvalue weighted by Crippen LogP contribution is -2.40. The second-order valence-corrected chi connectivity index (χ2v) is 8.91. The van der Waals surface area contributed by atoms with Crippen LogP contribution in [0.3, 0.4) is 0 Å². The Bertz CT molecular complexity index is 703. The van der Waals surface area contributed by atoms with Crippen molar-refractivity contribution >= 4 is 23.9 Å². The first-order valence-corrected chi connectivity index (χ1v) is 10.5. The minimum atomic E-state index is -4.38. The lowest BCUT2D eigenvalue weighted by atomic mass is 9.86. The lowest BCUT2D eigenvalue weighted by Gasteiger charge is -2.30. The third-order valence-electron chi connectivity index (χ3n) is 5.20. The van der Waals surface area contributed by atoms with Crippen LogP contribution in [0.4, 0.5) is 13.2 Å². The molecule has 1 amide bonds. The van der Waals surface area contributed by atoms with Crippen molar-refractivity contribution in [2.75, 3.05) is 13.1 Å². The summed E-state index contributed by atoms with van der Waals surface area (Å²) < 4.78 is 38.5. The number of nitrogens with two attached hydrogens (primary N) is 1. The zero-order chi connectivity index (χ0) is 21.6. The summed E-state index contributed by atoms with van der Waals surface area (Å²) in [5.74, 6) is -1.70. The van der Waals surface area contributed by atoms with Crippen molar-refractivity contribution in [2.24, 2.45) is 22.6 Å². The molecule has 0 radical (unpaired) electrons. The Hall–Kier alpha value is -1.90. The average molecular weight is 431 g/mol. The monoisotopic (exact) mass is 430 g/mol. The van der Waals surface area contributed by atoms with Gasteiger partial charge in [0.25, 0.3) is 5.91 Å². The maximum atomic E-state index is 12.8. The van der Waals surface area contributed by atoms with Crippen LogP contribution in [0.1, 0.15) is 39.5 Å². The first-order chi connectivity index (χ1) is 13.6. The van der Waals surface area contributed by atoms with E-state index in [9.17, 15) is 18.0 Å². The van der Waals surface area contributed by atoms with Crippen molar-refractivity contribution in [3.05, 3.63) is 33.9 Å². The number of allylic oxidation sites excluding steroid dienone is 2. The standard InChI is InChI=1S/C20H29F3N4OS/c1-12(24)13(2)29-14(3)26-9-15-4-6-18(7-5-15)27-19(28)16-8-17(11-25-10-16)20(21,22)23/h8,10,15,17-18,26H,3-7,9,11,24H2,1-2H3,(H,27,28)/b13-12-. The molecule has 9 heteroatoms. The van der Waals surface area contributed by atoms with Crippen molar-refractivity contribution in [1.29, 1.82) is 0 Å². The number of alkyl halides is 3. The molecule has 1 aliphatic heterocycles. The van der Waals surface area contributed by atoms with Gasteiger partial charge in [-0.25, -0.2) is 0 Å². The highest BCUT2D eigenvalue weighted by atomic mass is 32.2. The first kappa shape index (κ1) is 23.4. The van der Waals surface area contributed by atoms with Gasteiger partial charge in [-0.05, 0) is 45.4 Å². The molecule has 1 fully saturated rings. The van der Waals surface area contributed by atoms with E-state index in [2.05, 4.69) is 22.2 Å². The Labute approximate surface area is 174 Å². The molecule has 0 spiro atoms. The molecule has 1 aliphatic carbocycles. The van der Waals surface area contributed by atoms with Crippen LogP contribution in [0, 0.1) is 11.8 Å². The normalized spacial score (nSPS) is 25.7. The van der Waals surface area contributed by atoms with Crippen LogP contribution in [0.5, 0.6) is 0 Å². The summed E-state index contributed by atoms with van der Waals surface area (Å²) in [7, 11) is 0. The topological polar surface area (TPSA) is 79.5 Å². The highest BCUT2D eigenvalue weighted by Gasteiger charge is 2.39. The van der Waals surface area contributed by atoms with Crippen molar-refractivity contribution < 1.29 is 18.0 Å². The van der Waals surface area contributed by atoms with Gasteiger partial charge in [-0.1, -0.05) is 24.4 Å². The largest absolute Gasteiger partial charge is 0.402 e. The van der Waals surface area contributed by atoms with Crippen LogP contribution in [-0.4, -0.2) is 37.4 Å². The van der Waals surface area contributed by atoms with Gasteiger partial charge in [0.05, 0.1) is 23.1 Å². The number of amides is 1. The highest BCUT2D eigenvalue weighted by molar-refractivity contribution is 8.06. The third-order valence-corrected chi connectivity index (χ3v) is 6.22. The van der Waals surface area contributed by atoms with Gasteiger partial charge in [-0.2, -0.15) is 13.2 Å². The van der Waals surface area contributed by atoms with Crippen LogP contribution in [-0.2, 0) is 4.79 Å². The zero-order valence-electron chi connectivity index (χ0n) is 16.8. The Morgan fingerprint density at radius 2 is 1.97 bits per heavy atom. The molecule has 0 aromatic heterocycles. The van der Waals surface area contributed by atoms with E-state index in [4.69, 9.17) is 5.73 Å². The quantitative estimate of drug-likeness (QED) is 0.573. The molecule has 2 rings (SSSR count). The molecule has 4 N–H and O–H groups in total. The lowest BCUT2D eigenvalue weighted by molar-refractivity contribution is -0.158. The third kappa shape index (κ3) is 7.45. The van der Waals surface area contributed by atoms with E-state index < -0.39 is 18.0 Å². The number of hydrogen-bond donors (Lipinski definition) is 3. The van der Waals surface area contributed by atoms with Gasteiger partial charge in [0.1, 0.15) is 0 Å². The minimum absolute atomic E-state index is 0.00527. The smallest absolute Gasteiger partial charge is 0.396 e. The highest BCUT2D eigenvalue weighted by Crippen LogP contribution is 2.30.